The van der Waals surface area contributed by atoms with Gasteiger partial charge in [-0.1, -0.05) is 30.3 Å². The number of aliphatic hydroxyl groups is 1. The summed E-state index contributed by atoms with van der Waals surface area (Å²) in [7, 11) is 0. The molecule has 160 valence electrons. The van der Waals surface area contributed by atoms with Crippen molar-refractivity contribution in [2.45, 2.75) is 32.8 Å². The van der Waals surface area contributed by atoms with Crippen LogP contribution in [0.3, 0.4) is 0 Å². The molecule has 3 amide bonds. The Kier molecular flexibility index (Phi) is 8.01. The van der Waals surface area contributed by atoms with E-state index in [2.05, 4.69) is 5.32 Å². The van der Waals surface area contributed by atoms with Gasteiger partial charge in [0.1, 0.15) is 12.1 Å². The molecule has 0 saturated carbocycles. The lowest BCUT2D eigenvalue weighted by atomic mass is 10.00. The van der Waals surface area contributed by atoms with Crippen molar-refractivity contribution < 1.29 is 24.2 Å². The molecule has 2 N–H and O–H groups in total. The van der Waals surface area contributed by atoms with Crippen LogP contribution in [-0.4, -0.2) is 77.7 Å². The predicted octanol–water partition coefficient (Wildman–Crippen LogP) is 1.03. The third-order valence-electron chi connectivity index (χ3n) is 4.52. The second-order valence-electron chi connectivity index (χ2n) is 8.26. The average Bonchev–Trinajstić information content (AvgIpc) is 2.66. The molecule has 1 fully saturated rings. The summed E-state index contributed by atoms with van der Waals surface area (Å²) in [6.07, 6.45) is 0.132. The number of ether oxygens (including phenoxy) is 1. The van der Waals surface area contributed by atoms with E-state index in [0.717, 1.165) is 5.56 Å². The number of benzene rings is 1. The molecule has 1 aromatic rings. The summed E-state index contributed by atoms with van der Waals surface area (Å²) >= 11 is 0. The van der Waals surface area contributed by atoms with Crippen LogP contribution in [-0.2, 0) is 20.7 Å². The van der Waals surface area contributed by atoms with Crippen LogP contribution in [0.15, 0.2) is 30.3 Å². The molecule has 1 atom stereocenters. The van der Waals surface area contributed by atoms with Gasteiger partial charge in [0.2, 0.25) is 11.8 Å². The molecule has 1 aliphatic heterocycles. The Hall–Kier alpha value is -2.61. The van der Waals surface area contributed by atoms with Gasteiger partial charge >= 0.3 is 6.09 Å². The standard InChI is InChI=1S/C21H31N3O5/c1-21(2,3)29-20(28)24-10-9-23(19(27)14-24)13-18(26)22-12-17(15-25)11-16-7-5-4-6-8-16/h4-8,17,25H,9-15H2,1-3H3,(H,22,26)/t17-/m1/s1. The van der Waals surface area contributed by atoms with Crippen LogP contribution < -0.4 is 5.32 Å². The number of hydrogen-bond acceptors (Lipinski definition) is 5. The Morgan fingerprint density at radius 1 is 1.21 bits per heavy atom. The molecule has 0 radical (unpaired) electrons. The van der Waals surface area contributed by atoms with Crippen molar-refractivity contribution >= 4 is 17.9 Å². The normalized spacial score (nSPS) is 15.8. The molecule has 2 rings (SSSR count). The molecule has 8 nitrogen and oxygen atoms in total. The third kappa shape index (κ3) is 7.73. The van der Waals surface area contributed by atoms with E-state index < -0.39 is 11.7 Å². The van der Waals surface area contributed by atoms with Gasteiger partial charge in [0.15, 0.2) is 0 Å². The Morgan fingerprint density at radius 2 is 1.90 bits per heavy atom. The van der Waals surface area contributed by atoms with Gasteiger partial charge in [0.05, 0.1) is 6.54 Å². The monoisotopic (exact) mass is 405 g/mol. The van der Waals surface area contributed by atoms with Crippen LogP contribution in [0.25, 0.3) is 0 Å². The maximum Gasteiger partial charge on any atom is 0.410 e. The topological polar surface area (TPSA) is 99.2 Å². The Balaban J connectivity index is 1.76. The highest BCUT2D eigenvalue weighted by molar-refractivity contribution is 5.88. The zero-order valence-electron chi connectivity index (χ0n) is 17.4. The maximum atomic E-state index is 12.3. The number of aliphatic hydroxyl groups excluding tert-OH is 1. The van der Waals surface area contributed by atoms with E-state index >= 15 is 0 Å². The van der Waals surface area contributed by atoms with Crippen LogP contribution in [0.2, 0.25) is 0 Å². The molecule has 1 heterocycles. The number of amides is 3. The van der Waals surface area contributed by atoms with E-state index in [0.29, 0.717) is 19.5 Å². The highest BCUT2D eigenvalue weighted by atomic mass is 16.6. The fraction of sp³-hybridized carbons (Fsp3) is 0.571. The molecule has 0 bridgehead atoms. The number of carbonyl (C=O) groups excluding carboxylic acids is 3. The molecule has 0 unspecified atom stereocenters. The van der Waals surface area contributed by atoms with Crippen LogP contribution in [0.1, 0.15) is 26.3 Å². The molecule has 0 aromatic heterocycles. The molecular formula is C21H31N3O5. The summed E-state index contributed by atoms with van der Waals surface area (Å²) in [4.78, 5) is 39.4. The van der Waals surface area contributed by atoms with Crippen molar-refractivity contribution in [3.8, 4) is 0 Å². The van der Waals surface area contributed by atoms with Crippen LogP contribution in [0, 0.1) is 5.92 Å². The molecule has 0 spiro atoms. The molecule has 29 heavy (non-hydrogen) atoms. The van der Waals surface area contributed by atoms with Gasteiger partial charge in [0.25, 0.3) is 0 Å². The lowest BCUT2D eigenvalue weighted by molar-refractivity contribution is -0.140. The second-order valence-corrected chi connectivity index (χ2v) is 8.26. The third-order valence-corrected chi connectivity index (χ3v) is 4.52. The highest BCUT2D eigenvalue weighted by Gasteiger charge is 2.31. The first-order valence-electron chi connectivity index (χ1n) is 9.85. The summed E-state index contributed by atoms with van der Waals surface area (Å²) in [6.45, 7) is 6.03. The van der Waals surface area contributed by atoms with Gasteiger partial charge in [-0.2, -0.15) is 0 Å². The van der Waals surface area contributed by atoms with E-state index in [9.17, 15) is 19.5 Å². The lowest BCUT2D eigenvalue weighted by Gasteiger charge is -2.34. The van der Waals surface area contributed by atoms with Crippen molar-refractivity contribution in [2.75, 3.05) is 39.3 Å². The van der Waals surface area contributed by atoms with Gasteiger partial charge < -0.3 is 20.1 Å². The van der Waals surface area contributed by atoms with Crippen LogP contribution >= 0.6 is 0 Å². The zero-order valence-corrected chi connectivity index (χ0v) is 17.4. The number of hydrogen-bond donors (Lipinski definition) is 2. The highest BCUT2D eigenvalue weighted by Crippen LogP contribution is 2.12. The number of nitrogens with one attached hydrogen (secondary N) is 1. The summed E-state index contributed by atoms with van der Waals surface area (Å²) in [5, 5.41) is 12.3. The number of rotatable bonds is 7. The first-order chi connectivity index (χ1) is 13.7. The number of piperazine rings is 1. The van der Waals surface area contributed by atoms with Crippen molar-refractivity contribution in [3.05, 3.63) is 35.9 Å². The fourth-order valence-corrected chi connectivity index (χ4v) is 2.99. The van der Waals surface area contributed by atoms with Gasteiger partial charge in [-0.05, 0) is 32.8 Å². The lowest BCUT2D eigenvalue weighted by Crippen LogP contribution is -2.55. The Morgan fingerprint density at radius 3 is 2.48 bits per heavy atom. The average molecular weight is 405 g/mol. The van der Waals surface area contributed by atoms with Crippen LogP contribution in [0.5, 0.6) is 0 Å². The minimum absolute atomic E-state index is 0.0390. The van der Waals surface area contributed by atoms with Gasteiger partial charge in [-0.25, -0.2) is 4.79 Å². The van der Waals surface area contributed by atoms with Crippen molar-refractivity contribution in [3.63, 3.8) is 0 Å². The summed E-state index contributed by atoms with van der Waals surface area (Å²) in [5.74, 6) is -0.670. The quantitative estimate of drug-likeness (QED) is 0.706. The van der Waals surface area contributed by atoms with Crippen molar-refractivity contribution in [1.82, 2.24) is 15.1 Å². The predicted molar refractivity (Wildman–Crippen MR) is 108 cm³/mol. The first-order valence-corrected chi connectivity index (χ1v) is 9.85. The second kappa shape index (κ2) is 10.2. The molecule has 0 aliphatic carbocycles. The van der Waals surface area contributed by atoms with Crippen LogP contribution in [0.4, 0.5) is 4.79 Å². The SMILES string of the molecule is CC(C)(C)OC(=O)N1CCN(CC(=O)NC[C@H](CO)Cc2ccccc2)C(=O)C1. The largest absolute Gasteiger partial charge is 0.444 e. The molecule has 8 heteroatoms. The van der Waals surface area contributed by atoms with Gasteiger partial charge in [-0.15, -0.1) is 0 Å². The number of carbonyl (C=O) groups is 3. The molecule has 1 saturated heterocycles. The fourth-order valence-electron chi connectivity index (χ4n) is 2.99. The minimum Gasteiger partial charge on any atom is -0.444 e. The summed E-state index contributed by atoms with van der Waals surface area (Å²) in [6, 6.07) is 9.76. The summed E-state index contributed by atoms with van der Waals surface area (Å²) < 4.78 is 5.28. The Bertz CT molecular complexity index is 702. The van der Waals surface area contributed by atoms with E-state index in [1.165, 1.54) is 9.80 Å². The first kappa shape index (κ1) is 22.7. The minimum atomic E-state index is -0.625. The Labute approximate surface area is 171 Å². The van der Waals surface area contributed by atoms with Gasteiger partial charge in [-0.3, -0.25) is 14.5 Å². The van der Waals surface area contributed by atoms with E-state index in [1.54, 1.807) is 20.8 Å². The van der Waals surface area contributed by atoms with E-state index in [4.69, 9.17) is 4.74 Å². The van der Waals surface area contributed by atoms with Crippen molar-refractivity contribution in [2.24, 2.45) is 5.92 Å². The van der Waals surface area contributed by atoms with Crippen molar-refractivity contribution in [1.29, 1.82) is 0 Å². The molecule has 1 aliphatic rings. The van der Waals surface area contributed by atoms with Gasteiger partial charge in [0, 0.05) is 32.2 Å². The maximum absolute atomic E-state index is 12.3. The smallest absolute Gasteiger partial charge is 0.410 e. The molecule has 1 aromatic carbocycles. The van der Waals surface area contributed by atoms with E-state index in [-0.39, 0.29) is 44.0 Å². The van der Waals surface area contributed by atoms with E-state index in [1.807, 2.05) is 30.3 Å². The zero-order chi connectivity index (χ0) is 21.4. The number of nitrogens with zero attached hydrogens (tertiary/aromatic N) is 2. The molecular weight excluding hydrogens is 374 g/mol. The summed E-state index contributed by atoms with van der Waals surface area (Å²) in [5.41, 5.74) is 0.467.